The van der Waals surface area contributed by atoms with Crippen molar-refractivity contribution in [3.8, 4) is 22.6 Å². The number of hydrogen-bond acceptors (Lipinski definition) is 3. The maximum absolute atomic E-state index is 12.6. The zero-order valence-corrected chi connectivity index (χ0v) is 16.9. The first kappa shape index (κ1) is 19.5. The van der Waals surface area contributed by atoms with Gasteiger partial charge in [0.2, 0.25) is 0 Å². The van der Waals surface area contributed by atoms with Crippen molar-refractivity contribution in [2.45, 2.75) is 0 Å². The zero-order valence-electron chi connectivity index (χ0n) is 16.2. The quantitative estimate of drug-likeness (QED) is 0.427. The summed E-state index contributed by atoms with van der Waals surface area (Å²) in [5.41, 5.74) is 3.88. The van der Waals surface area contributed by atoms with Gasteiger partial charge in [0.15, 0.2) is 0 Å². The number of anilines is 2. The molecule has 150 valence electrons. The van der Waals surface area contributed by atoms with Gasteiger partial charge in [-0.15, -0.1) is 0 Å². The molecule has 6 nitrogen and oxygen atoms in total. The van der Waals surface area contributed by atoms with E-state index in [0.717, 1.165) is 16.8 Å². The van der Waals surface area contributed by atoms with E-state index in [0.29, 0.717) is 22.1 Å². The van der Waals surface area contributed by atoms with E-state index in [9.17, 15) is 4.79 Å². The summed E-state index contributed by atoms with van der Waals surface area (Å²) in [6, 6.07) is 21.8. The van der Waals surface area contributed by atoms with E-state index >= 15 is 0 Å². The first-order valence-electron chi connectivity index (χ1n) is 9.25. The minimum absolute atomic E-state index is 0.364. The Kier molecular flexibility index (Phi) is 5.68. The second-order valence-corrected chi connectivity index (χ2v) is 6.91. The fourth-order valence-electron chi connectivity index (χ4n) is 3.06. The number of rotatable bonds is 5. The average Bonchev–Trinajstić information content (AvgIpc) is 3.25. The average molecular weight is 419 g/mol. The van der Waals surface area contributed by atoms with Crippen molar-refractivity contribution in [2.75, 3.05) is 17.7 Å². The van der Waals surface area contributed by atoms with Crippen LogP contribution in [-0.4, -0.2) is 22.9 Å². The first-order valence-corrected chi connectivity index (χ1v) is 9.63. The molecule has 0 aliphatic carbocycles. The maximum Gasteiger partial charge on any atom is 0.323 e. The molecule has 0 radical (unpaired) electrons. The van der Waals surface area contributed by atoms with Crippen molar-refractivity contribution in [1.82, 2.24) is 9.78 Å². The molecule has 0 bridgehead atoms. The number of benzene rings is 3. The number of nitrogens with zero attached hydrogens (tertiary/aromatic N) is 2. The molecular weight excluding hydrogens is 400 g/mol. The highest BCUT2D eigenvalue weighted by Crippen LogP contribution is 2.29. The molecule has 7 heteroatoms. The lowest BCUT2D eigenvalue weighted by Crippen LogP contribution is -2.20. The Morgan fingerprint density at radius 1 is 0.933 bits per heavy atom. The zero-order chi connectivity index (χ0) is 20.9. The molecule has 4 aromatic rings. The summed E-state index contributed by atoms with van der Waals surface area (Å²) >= 11 is 5.96. The summed E-state index contributed by atoms with van der Waals surface area (Å²) < 4.78 is 7.04. The van der Waals surface area contributed by atoms with Crippen LogP contribution >= 0.6 is 11.6 Å². The van der Waals surface area contributed by atoms with Crippen molar-refractivity contribution in [3.05, 3.63) is 90.2 Å². The Hall–Kier alpha value is -3.77. The lowest BCUT2D eigenvalue weighted by Gasteiger charge is -2.13. The predicted molar refractivity (Wildman–Crippen MR) is 120 cm³/mol. The molecule has 0 spiro atoms. The second kappa shape index (κ2) is 8.71. The Balaban J connectivity index is 1.56. The molecule has 4 rings (SSSR count). The normalized spacial score (nSPS) is 10.5. The molecule has 1 aromatic heterocycles. The summed E-state index contributed by atoms with van der Waals surface area (Å²) in [5.74, 6) is 0.588. The molecule has 0 saturated heterocycles. The van der Waals surface area contributed by atoms with Crippen LogP contribution in [0, 0.1) is 0 Å². The van der Waals surface area contributed by atoms with Crippen LogP contribution in [0.4, 0.5) is 16.2 Å². The number of methoxy groups -OCH3 is 1. The Morgan fingerprint density at radius 3 is 2.37 bits per heavy atom. The van der Waals surface area contributed by atoms with Crippen molar-refractivity contribution in [2.24, 2.45) is 0 Å². The van der Waals surface area contributed by atoms with E-state index in [2.05, 4.69) is 15.7 Å². The summed E-state index contributed by atoms with van der Waals surface area (Å²) in [4.78, 5) is 12.6. The Labute approximate surface area is 179 Å². The van der Waals surface area contributed by atoms with E-state index < -0.39 is 0 Å². The fraction of sp³-hybridized carbons (Fsp3) is 0.0435. The number of urea groups is 1. The van der Waals surface area contributed by atoms with E-state index in [1.165, 1.54) is 0 Å². The van der Waals surface area contributed by atoms with Crippen LogP contribution in [0.2, 0.25) is 5.02 Å². The highest BCUT2D eigenvalue weighted by Gasteiger charge is 2.12. The largest absolute Gasteiger partial charge is 0.495 e. The Bertz CT molecular complexity index is 1170. The number of para-hydroxylation sites is 3. The van der Waals surface area contributed by atoms with Crippen molar-refractivity contribution >= 4 is 29.0 Å². The van der Waals surface area contributed by atoms with Gasteiger partial charge in [-0.1, -0.05) is 41.9 Å². The van der Waals surface area contributed by atoms with Crippen LogP contribution in [0.3, 0.4) is 0 Å². The van der Waals surface area contributed by atoms with Crippen molar-refractivity contribution < 1.29 is 9.53 Å². The van der Waals surface area contributed by atoms with E-state index in [1.807, 2.05) is 66.9 Å². The number of amides is 2. The number of carbonyl (C=O) groups is 1. The monoisotopic (exact) mass is 418 g/mol. The van der Waals surface area contributed by atoms with Gasteiger partial charge >= 0.3 is 6.03 Å². The summed E-state index contributed by atoms with van der Waals surface area (Å²) in [6.45, 7) is 0. The van der Waals surface area contributed by atoms with Crippen LogP contribution in [0.15, 0.2) is 85.2 Å². The number of aromatic nitrogens is 2. The molecule has 0 atom stereocenters. The van der Waals surface area contributed by atoms with Crippen molar-refractivity contribution in [3.63, 3.8) is 0 Å². The molecule has 2 amide bonds. The molecule has 2 N–H and O–H groups in total. The molecule has 0 aliphatic heterocycles. The number of hydrogen-bond donors (Lipinski definition) is 2. The smallest absolute Gasteiger partial charge is 0.323 e. The molecule has 3 aromatic carbocycles. The third-order valence-electron chi connectivity index (χ3n) is 4.52. The Morgan fingerprint density at radius 2 is 1.60 bits per heavy atom. The molecule has 0 fully saturated rings. The molecular formula is C23H19ClN4O2. The summed E-state index contributed by atoms with van der Waals surface area (Å²) in [7, 11) is 1.56. The predicted octanol–water partition coefficient (Wildman–Crippen LogP) is 5.85. The van der Waals surface area contributed by atoms with Crippen LogP contribution in [0.25, 0.3) is 16.8 Å². The van der Waals surface area contributed by atoms with Gasteiger partial charge in [-0.25, -0.2) is 9.48 Å². The minimum atomic E-state index is -0.364. The summed E-state index contributed by atoms with van der Waals surface area (Å²) in [6.07, 6.45) is 3.66. The number of halogens is 1. The van der Waals surface area contributed by atoms with Crippen LogP contribution in [0.5, 0.6) is 5.75 Å². The molecule has 30 heavy (non-hydrogen) atoms. The number of nitrogens with one attached hydrogen (secondary N) is 2. The lowest BCUT2D eigenvalue weighted by atomic mass is 10.1. The SMILES string of the molecule is COc1ccccc1NC(=O)Nc1ccccc1-c1cnn(-c2ccc(Cl)cc2)c1. The maximum atomic E-state index is 12.6. The van der Waals surface area contributed by atoms with Gasteiger partial charge in [0.05, 0.1) is 30.4 Å². The topological polar surface area (TPSA) is 68.2 Å². The van der Waals surface area contributed by atoms with E-state index in [4.69, 9.17) is 16.3 Å². The number of carbonyl (C=O) groups excluding carboxylic acids is 1. The van der Waals surface area contributed by atoms with Gasteiger partial charge in [0.25, 0.3) is 0 Å². The van der Waals surface area contributed by atoms with Crippen LogP contribution in [0.1, 0.15) is 0 Å². The third kappa shape index (κ3) is 4.29. The standard InChI is InChI=1S/C23H19ClN4O2/c1-30-22-9-5-4-8-21(22)27-23(29)26-20-7-3-2-6-19(20)16-14-25-28(15-16)18-12-10-17(24)11-13-18/h2-15H,1H3,(H2,26,27,29). The van der Waals surface area contributed by atoms with Crippen LogP contribution in [-0.2, 0) is 0 Å². The van der Waals surface area contributed by atoms with Gasteiger partial charge in [-0.05, 0) is 42.5 Å². The minimum Gasteiger partial charge on any atom is -0.495 e. The second-order valence-electron chi connectivity index (χ2n) is 6.47. The molecule has 0 saturated carbocycles. The van der Waals surface area contributed by atoms with Gasteiger partial charge in [0.1, 0.15) is 5.75 Å². The molecule has 1 heterocycles. The van der Waals surface area contributed by atoms with E-state index in [-0.39, 0.29) is 6.03 Å². The molecule has 0 unspecified atom stereocenters. The lowest BCUT2D eigenvalue weighted by molar-refractivity contribution is 0.262. The van der Waals surface area contributed by atoms with Gasteiger partial charge in [-0.3, -0.25) is 0 Å². The third-order valence-corrected chi connectivity index (χ3v) is 4.77. The van der Waals surface area contributed by atoms with Crippen LogP contribution < -0.4 is 15.4 Å². The van der Waals surface area contributed by atoms with Gasteiger partial charge in [0, 0.05) is 22.3 Å². The highest BCUT2D eigenvalue weighted by atomic mass is 35.5. The van der Waals surface area contributed by atoms with E-state index in [1.54, 1.807) is 30.1 Å². The summed E-state index contributed by atoms with van der Waals surface area (Å²) in [5, 5.41) is 10.8. The van der Waals surface area contributed by atoms with Gasteiger partial charge < -0.3 is 15.4 Å². The van der Waals surface area contributed by atoms with Gasteiger partial charge in [-0.2, -0.15) is 5.10 Å². The molecule has 0 aliphatic rings. The number of ether oxygens (including phenoxy) is 1. The first-order chi connectivity index (χ1) is 14.6. The fourth-order valence-corrected chi connectivity index (χ4v) is 3.19. The van der Waals surface area contributed by atoms with Crippen molar-refractivity contribution in [1.29, 1.82) is 0 Å². The highest BCUT2D eigenvalue weighted by molar-refractivity contribution is 6.30.